The van der Waals surface area contributed by atoms with Gasteiger partial charge >= 0.3 is 24.5 Å². The zero-order chi connectivity index (χ0) is 17.4. The first-order valence-electron chi connectivity index (χ1n) is 4.62. The molecule has 0 radical (unpaired) electrons. The molecule has 0 heterocycles. The van der Waals surface area contributed by atoms with Gasteiger partial charge in [-0.1, -0.05) is 0 Å². The van der Waals surface area contributed by atoms with Crippen molar-refractivity contribution in [2.75, 3.05) is 0 Å². The minimum atomic E-state index is -6.63. The zero-order valence-corrected chi connectivity index (χ0v) is 9.35. The smallest absolute Gasteiger partial charge is 0.301 e. The van der Waals surface area contributed by atoms with Gasteiger partial charge in [0.1, 0.15) is 5.92 Å². The van der Waals surface area contributed by atoms with Crippen molar-refractivity contribution in [1.82, 2.24) is 0 Å². The van der Waals surface area contributed by atoms with Crippen molar-refractivity contribution in [3.8, 4) is 0 Å². The van der Waals surface area contributed by atoms with E-state index in [2.05, 4.69) is 0 Å². The van der Waals surface area contributed by atoms with Gasteiger partial charge in [-0.15, -0.1) is 0 Å². The Balaban J connectivity index is 5.57. The Morgan fingerprint density at radius 1 is 0.857 bits per heavy atom. The molecule has 0 saturated carbocycles. The number of Topliss-reactive ketones (excluding diaryl/α,β-unsaturated/α-hetero) is 1. The first-order chi connectivity index (χ1) is 8.91. The number of ketones is 1. The Kier molecular flexibility index (Phi) is 5.04. The third-order valence-electron chi connectivity index (χ3n) is 2.06. The largest absolute Gasteiger partial charge is 0.461 e. The second-order valence-corrected chi connectivity index (χ2v) is 3.73. The normalized spacial score (nSPS) is 15.8. The van der Waals surface area contributed by atoms with E-state index in [1.165, 1.54) is 0 Å². The van der Waals surface area contributed by atoms with Gasteiger partial charge in [-0.25, -0.2) is 0 Å². The van der Waals surface area contributed by atoms with Crippen LogP contribution in [-0.2, 0) is 4.79 Å². The lowest BCUT2D eigenvalue weighted by Gasteiger charge is -2.24. The lowest BCUT2D eigenvalue weighted by atomic mass is 9.92. The van der Waals surface area contributed by atoms with Crippen molar-refractivity contribution in [2.45, 2.75) is 30.9 Å². The maximum atomic E-state index is 12.5. The third kappa shape index (κ3) is 4.81. The molecule has 1 atom stereocenters. The molecule has 0 saturated heterocycles. The Hall–Kier alpha value is -1.43. The summed E-state index contributed by atoms with van der Waals surface area (Å²) in [7, 11) is 0. The van der Waals surface area contributed by atoms with Crippen LogP contribution in [0.1, 0.15) is 6.42 Å². The molecule has 1 unspecified atom stereocenters. The molecule has 1 N–H and O–H groups in total. The van der Waals surface area contributed by atoms with Crippen LogP contribution >= 0.6 is 0 Å². The lowest BCUT2D eigenvalue weighted by Crippen LogP contribution is -2.51. The van der Waals surface area contributed by atoms with Crippen molar-refractivity contribution < 1.29 is 53.1 Å². The van der Waals surface area contributed by atoms with Gasteiger partial charge < -0.3 is 5.41 Å². The highest BCUT2D eigenvalue weighted by molar-refractivity contribution is 6.42. The Bertz CT molecular complexity index is 415. The Morgan fingerprint density at radius 2 is 1.24 bits per heavy atom. The summed E-state index contributed by atoms with van der Waals surface area (Å²) in [6.45, 7) is 0. The third-order valence-corrected chi connectivity index (χ3v) is 2.06. The Labute approximate surface area is 108 Å². The second kappa shape index (κ2) is 5.40. The topological polar surface area (TPSA) is 40.9 Å². The molecule has 0 fully saturated rings. The first-order valence-corrected chi connectivity index (χ1v) is 4.62. The zero-order valence-electron chi connectivity index (χ0n) is 9.35. The van der Waals surface area contributed by atoms with Crippen LogP contribution in [0.3, 0.4) is 0 Å². The average molecular weight is 339 g/mol. The molecule has 0 aromatic heterocycles. The van der Waals surface area contributed by atoms with Crippen LogP contribution in [0.5, 0.6) is 0 Å². The fourth-order valence-electron chi connectivity index (χ4n) is 1.07. The summed E-state index contributed by atoms with van der Waals surface area (Å²) in [5.41, 5.74) is -3.01. The molecular formula is C8H4F11NO. The van der Waals surface area contributed by atoms with Crippen LogP contribution in [-0.4, -0.2) is 35.9 Å². The fourth-order valence-corrected chi connectivity index (χ4v) is 1.07. The summed E-state index contributed by atoms with van der Waals surface area (Å²) in [5.74, 6) is -14.2. The highest BCUT2D eigenvalue weighted by Crippen LogP contribution is 2.41. The number of hydrogen-bond donors (Lipinski definition) is 1. The van der Waals surface area contributed by atoms with E-state index in [4.69, 9.17) is 5.41 Å². The number of rotatable bonds is 4. The van der Waals surface area contributed by atoms with Gasteiger partial charge in [-0.3, -0.25) is 4.79 Å². The predicted octanol–water partition coefficient (Wildman–Crippen LogP) is 3.90. The van der Waals surface area contributed by atoms with Crippen LogP contribution in [0, 0.1) is 11.3 Å². The number of nitrogens with one attached hydrogen (secondary N) is 1. The molecule has 124 valence electrons. The van der Waals surface area contributed by atoms with Crippen LogP contribution in [0.2, 0.25) is 0 Å². The highest BCUT2D eigenvalue weighted by atomic mass is 19.4. The van der Waals surface area contributed by atoms with Gasteiger partial charge in [0, 0.05) is 0 Å². The fraction of sp³-hybridized carbons (Fsp3) is 0.750. The highest BCUT2D eigenvalue weighted by Gasteiger charge is 2.66. The van der Waals surface area contributed by atoms with Gasteiger partial charge in [0.05, 0.1) is 12.1 Å². The monoisotopic (exact) mass is 339 g/mol. The molecular weight excluding hydrogens is 335 g/mol. The molecule has 2 nitrogen and oxygen atoms in total. The van der Waals surface area contributed by atoms with Crippen LogP contribution in [0.15, 0.2) is 0 Å². The minimum Gasteiger partial charge on any atom is -0.301 e. The molecule has 0 amide bonds. The lowest BCUT2D eigenvalue weighted by molar-refractivity contribution is -0.266. The molecule has 0 bridgehead atoms. The van der Waals surface area contributed by atoms with E-state index in [9.17, 15) is 53.1 Å². The van der Waals surface area contributed by atoms with E-state index < -0.39 is 48.3 Å². The standard InChI is InChI=1S/C8H4F11NO/c9-5(10,11)1-2(7(14,15)16)3(20)4(21)6(12,13)8(17,18)19/h2,20H,1H2. The van der Waals surface area contributed by atoms with Crippen molar-refractivity contribution in [3.05, 3.63) is 0 Å². The van der Waals surface area contributed by atoms with Crippen molar-refractivity contribution in [3.63, 3.8) is 0 Å². The number of carbonyl (C=O) groups excluding carboxylic acids is 1. The Morgan fingerprint density at radius 3 is 1.48 bits per heavy atom. The predicted molar refractivity (Wildman–Crippen MR) is 44.0 cm³/mol. The summed E-state index contributed by atoms with van der Waals surface area (Å²) in [4.78, 5) is 10.6. The molecule has 0 aromatic rings. The summed E-state index contributed by atoms with van der Waals surface area (Å²) in [6, 6.07) is 0. The molecule has 0 aliphatic carbocycles. The van der Waals surface area contributed by atoms with E-state index in [1.54, 1.807) is 0 Å². The number of alkyl halides is 11. The van der Waals surface area contributed by atoms with E-state index in [0.717, 1.165) is 0 Å². The molecule has 0 rings (SSSR count). The van der Waals surface area contributed by atoms with E-state index >= 15 is 0 Å². The van der Waals surface area contributed by atoms with E-state index in [-0.39, 0.29) is 0 Å². The number of halogens is 11. The van der Waals surface area contributed by atoms with Gasteiger partial charge in [0.25, 0.3) is 5.78 Å². The van der Waals surface area contributed by atoms with Crippen molar-refractivity contribution >= 4 is 11.5 Å². The van der Waals surface area contributed by atoms with Crippen LogP contribution in [0.4, 0.5) is 48.3 Å². The quantitative estimate of drug-likeness (QED) is 0.612. The summed E-state index contributed by atoms with van der Waals surface area (Å²) in [6.07, 6.45) is -21.2. The van der Waals surface area contributed by atoms with Crippen molar-refractivity contribution in [2.24, 2.45) is 5.92 Å². The van der Waals surface area contributed by atoms with Gasteiger partial charge in [-0.05, 0) is 0 Å². The first kappa shape index (κ1) is 19.6. The SMILES string of the molecule is N=C(C(=O)C(F)(F)C(F)(F)F)C(CC(F)(F)F)C(F)(F)F. The average Bonchev–Trinajstić information content (AvgIpc) is 2.19. The molecule has 13 heteroatoms. The molecule has 0 spiro atoms. The van der Waals surface area contributed by atoms with Crippen LogP contribution in [0.25, 0.3) is 0 Å². The summed E-state index contributed by atoms with van der Waals surface area (Å²) < 4.78 is 133. The van der Waals surface area contributed by atoms with Gasteiger partial charge in [0.2, 0.25) is 0 Å². The second-order valence-electron chi connectivity index (χ2n) is 3.73. The van der Waals surface area contributed by atoms with Gasteiger partial charge in [0.15, 0.2) is 0 Å². The van der Waals surface area contributed by atoms with Crippen molar-refractivity contribution in [1.29, 1.82) is 5.41 Å². The molecule has 0 aliphatic rings. The maximum absolute atomic E-state index is 12.5. The van der Waals surface area contributed by atoms with Crippen LogP contribution < -0.4 is 0 Å². The number of hydrogen-bond acceptors (Lipinski definition) is 2. The maximum Gasteiger partial charge on any atom is 0.461 e. The molecule has 21 heavy (non-hydrogen) atoms. The summed E-state index contributed by atoms with van der Waals surface area (Å²) >= 11 is 0. The van der Waals surface area contributed by atoms with E-state index in [1.807, 2.05) is 0 Å². The molecule has 0 aliphatic heterocycles. The number of carbonyl (C=O) groups is 1. The van der Waals surface area contributed by atoms with Gasteiger partial charge in [-0.2, -0.15) is 48.3 Å². The van der Waals surface area contributed by atoms with E-state index in [0.29, 0.717) is 0 Å². The minimum absolute atomic E-state index is 2.96. The summed E-state index contributed by atoms with van der Waals surface area (Å²) in [5, 5.41) is 6.37. The molecule has 0 aromatic carbocycles.